The Morgan fingerprint density at radius 2 is 2.14 bits per heavy atom. The lowest BCUT2D eigenvalue weighted by Gasteiger charge is -2.12. The maximum atomic E-state index is 6.02. The van der Waals surface area contributed by atoms with Crippen LogP contribution in [0.5, 0.6) is 0 Å². The van der Waals surface area contributed by atoms with Crippen LogP contribution in [0.1, 0.15) is 31.0 Å². The third kappa shape index (κ3) is 3.70. The van der Waals surface area contributed by atoms with E-state index in [9.17, 15) is 0 Å². The molecule has 0 saturated heterocycles. The van der Waals surface area contributed by atoms with E-state index in [-0.39, 0.29) is 18.4 Å². The van der Waals surface area contributed by atoms with Crippen LogP contribution >= 0.6 is 12.4 Å². The Balaban J connectivity index is 0.00000169. The van der Waals surface area contributed by atoms with E-state index in [1.54, 1.807) is 0 Å². The summed E-state index contributed by atoms with van der Waals surface area (Å²) in [5, 5.41) is 0. The van der Waals surface area contributed by atoms with Gasteiger partial charge in [-0.15, -0.1) is 12.4 Å². The molecule has 0 radical (unpaired) electrons. The van der Waals surface area contributed by atoms with Gasteiger partial charge in [-0.25, -0.2) is 0 Å². The minimum absolute atomic E-state index is 0. The lowest BCUT2D eigenvalue weighted by molar-refractivity contribution is 0.563. The van der Waals surface area contributed by atoms with Crippen molar-refractivity contribution in [3.8, 4) is 0 Å². The standard InChI is InChI=1S/C10H19N3.ClH/c1-13-8-4-6-10(13)9(12)5-2-3-7-11;/h4,6,8-9H,2-3,5,7,11-12H2,1H3;1H/t9-;/m1./s1. The zero-order valence-corrected chi connectivity index (χ0v) is 9.46. The monoisotopic (exact) mass is 217 g/mol. The second-order valence-electron chi connectivity index (χ2n) is 3.43. The molecule has 1 heterocycles. The maximum Gasteiger partial charge on any atom is 0.0449 e. The van der Waals surface area contributed by atoms with Gasteiger partial charge in [0.05, 0.1) is 0 Å². The Hall–Kier alpha value is -0.510. The lowest BCUT2D eigenvalue weighted by Crippen LogP contribution is -2.14. The summed E-state index contributed by atoms with van der Waals surface area (Å²) >= 11 is 0. The molecular formula is C10H20ClN3. The number of unbranched alkanes of at least 4 members (excludes halogenated alkanes) is 1. The smallest absolute Gasteiger partial charge is 0.0449 e. The second kappa shape index (κ2) is 6.87. The summed E-state index contributed by atoms with van der Waals surface area (Å²) in [7, 11) is 2.03. The normalized spacial score (nSPS) is 12.2. The van der Waals surface area contributed by atoms with Crippen molar-refractivity contribution < 1.29 is 0 Å². The molecule has 0 aromatic carbocycles. The molecule has 14 heavy (non-hydrogen) atoms. The number of nitrogens with zero attached hydrogens (tertiary/aromatic N) is 1. The summed E-state index contributed by atoms with van der Waals surface area (Å²) in [5.74, 6) is 0. The highest BCUT2D eigenvalue weighted by Gasteiger charge is 2.07. The number of rotatable bonds is 5. The lowest BCUT2D eigenvalue weighted by atomic mass is 10.1. The zero-order valence-electron chi connectivity index (χ0n) is 8.65. The van der Waals surface area contributed by atoms with Gasteiger partial charge >= 0.3 is 0 Å². The number of aromatic nitrogens is 1. The van der Waals surface area contributed by atoms with Crippen molar-refractivity contribution in [1.82, 2.24) is 4.57 Å². The number of hydrogen-bond donors (Lipinski definition) is 2. The van der Waals surface area contributed by atoms with E-state index in [4.69, 9.17) is 11.5 Å². The van der Waals surface area contributed by atoms with Gasteiger partial charge in [-0.3, -0.25) is 0 Å². The fourth-order valence-corrected chi connectivity index (χ4v) is 1.52. The Bertz CT molecular complexity index is 247. The van der Waals surface area contributed by atoms with Crippen molar-refractivity contribution >= 4 is 12.4 Å². The second-order valence-corrected chi connectivity index (χ2v) is 3.43. The average Bonchev–Trinajstić information content (AvgIpc) is 2.52. The van der Waals surface area contributed by atoms with E-state index in [0.717, 1.165) is 25.8 Å². The molecule has 0 saturated carbocycles. The van der Waals surface area contributed by atoms with E-state index in [2.05, 4.69) is 10.6 Å². The van der Waals surface area contributed by atoms with Crippen LogP contribution in [0.4, 0.5) is 0 Å². The molecule has 0 unspecified atom stereocenters. The third-order valence-corrected chi connectivity index (χ3v) is 2.33. The predicted molar refractivity (Wildman–Crippen MR) is 62.5 cm³/mol. The van der Waals surface area contributed by atoms with Crippen molar-refractivity contribution in [2.75, 3.05) is 6.54 Å². The summed E-state index contributed by atoms with van der Waals surface area (Å²) < 4.78 is 2.08. The molecule has 4 heteroatoms. The van der Waals surface area contributed by atoms with Crippen LogP contribution in [0.3, 0.4) is 0 Å². The van der Waals surface area contributed by atoms with Gasteiger partial charge < -0.3 is 16.0 Å². The summed E-state index contributed by atoms with van der Waals surface area (Å²) in [6.07, 6.45) is 5.23. The number of hydrogen-bond acceptors (Lipinski definition) is 2. The number of aryl methyl sites for hydroxylation is 1. The van der Waals surface area contributed by atoms with E-state index in [1.807, 2.05) is 19.3 Å². The SMILES string of the molecule is Cl.Cn1cccc1[C@H](N)CCCCN. The van der Waals surface area contributed by atoms with Crippen molar-refractivity contribution in [2.45, 2.75) is 25.3 Å². The molecule has 0 aliphatic heterocycles. The molecule has 82 valence electrons. The maximum absolute atomic E-state index is 6.02. The molecule has 1 aromatic rings. The molecule has 0 spiro atoms. The first-order chi connectivity index (χ1) is 6.25. The minimum Gasteiger partial charge on any atom is -0.353 e. The van der Waals surface area contributed by atoms with Crippen LogP contribution in [0, 0.1) is 0 Å². The Morgan fingerprint density at radius 3 is 2.64 bits per heavy atom. The molecule has 0 aliphatic carbocycles. The Morgan fingerprint density at radius 1 is 1.43 bits per heavy atom. The molecule has 1 atom stereocenters. The predicted octanol–water partition coefficient (Wildman–Crippen LogP) is 1.58. The summed E-state index contributed by atoms with van der Waals surface area (Å²) in [6.45, 7) is 0.764. The Labute approximate surface area is 91.9 Å². The van der Waals surface area contributed by atoms with Gasteiger partial charge in [0.15, 0.2) is 0 Å². The van der Waals surface area contributed by atoms with Crippen molar-refractivity contribution in [3.05, 3.63) is 24.0 Å². The summed E-state index contributed by atoms with van der Waals surface area (Å²) in [4.78, 5) is 0. The highest BCUT2D eigenvalue weighted by atomic mass is 35.5. The van der Waals surface area contributed by atoms with E-state index >= 15 is 0 Å². The fraction of sp³-hybridized carbons (Fsp3) is 0.600. The number of nitrogens with two attached hydrogens (primary N) is 2. The third-order valence-electron chi connectivity index (χ3n) is 2.33. The van der Waals surface area contributed by atoms with Gasteiger partial charge in [-0.1, -0.05) is 6.42 Å². The highest BCUT2D eigenvalue weighted by Crippen LogP contribution is 2.15. The van der Waals surface area contributed by atoms with Gasteiger partial charge in [0.1, 0.15) is 0 Å². The first-order valence-electron chi connectivity index (χ1n) is 4.82. The van der Waals surface area contributed by atoms with Crippen molar-refractivity contribution in [3.63, 3.8) is 0 Å². The largest absolute Gasteiger partial charge is 0.353 e. The molecular weight excluding hydrogens is 198 g/mol. The van der Waals surface area contributed by atoms with Crippen LogP contribution in [0.2, 0.25) is 0 Å². The van der Waals surface area contributed by atoms with Crippen molar-refractivity contribution in [1.29, 1.82) is 0 Å². The summed E-state index contributed by atoms with van der Waals surface area (Å²) in [5.41, 5.74) is 12.6. The van der Waals surface area contributed by atoms with Crippen LogP contribution in [0.25, 0.3) is 0 Å². The highest BCUT2D eigenvalue weighted by molar-refractivity contribution is 5.85. The fourth-order valence-electron chi connectivity index (χ4n) is 1.52. The van der Waals surface area contributed by atoms with Crippen LogP contribution in [0.15, 0.2) is 18.3 Å². The van der Waals surface area contributed by atoms with Gasteiger partial charge in [0.25, 0.3) is 0 Å². The van der Waals surface area contributed by atoms with Gasteiger partial charge in [-0.05, 0) is 31.5 Å². The van der Waals surface area contributed by atoms with E-state index in [0.29, 0.717) is 0 Å². The molecule has 4 N–H and O–H groups in total. The van der Waals surface area contributed by atoms with Crippen LogP contribution in [-0.2, 0) is 7.05 Å². The number of halogens is 1. The molecule has 0 fully saturated rings. The first kappa shape index (κ1) is 13.5. The quantitative estimate of drug-likeness (QED) is 0.736. The van der Waals surface area contributed by atoms with Gasteiger partial charge in [0, 0.05) is 25.0 Å². The molecule has 0 bridgehead atoms. The van der Waals surface area contributed by atoms with Gasteiger partial charge in [0.2, 0.25) is 0 Å². The van der Waals surface area contributed by atoms with E-state index < -0.39 is 0 Å². The topological polar surface area (TPSA) is 57.0 Å². The first-order valence-corrected chi connectivity index (χ1v) is 4.82. The van der Waals surface area contributed by atoms with Crippen LogP contribution in [-0.4, -0.2) is 11.1 Å². The van der Waals surface area contributed by atoms with Crippen molar-refractivity contribution in [2.24, 2.45) is 18.5 Å². The molecule has 0 aliphatic rings. The van der Waals surface area contributed by atoms with Gasteiger partial charge in [-0.2, -0.15) is 0 Å². The Kier molecular flexibility index (Phi) is 6.62. The molecule has 1 rings (SSSR count). The minimum atomic E-state index is 0. The van der Waals surface area contributed by atoms with E-state index in [1.165, 1.54) is 5.69 Å². The summed E-state index contributed by atoms with van der Waals surface area (Å²) in [6, 6.07) is 4.26. The average molecular weight is 218 g/mol. The van der Waals surface area contributed by atoms with Crippen LogP contribution < -0.4 is 11.5 Å². The molecule has 1 aromatic heterocycles. The molecule has 3 nitrogen and oxygen atoms in total. The zero-order chi connectivity index (χ0) is 9.68. The molecule has 0 amide bonds.